The lowest BCUT2D eigenvalue weighted by Gasteiger charge is -2.42. The molecule has 5 heterocycles. The highest BCUT2D eigenvalue weighted by Gasteiger charge is 2.39. The summed E-state index contributed by atoms with van der Waals surface area (Å²) in [5.41, 5.74) is 2.50. The van der Waals surface area contributed by atoms with Crippen LogP contribution in [0.15, 0.2) is 24.4 Å². The molecule has 0 N–H and O–H groups in total. The average Bonchev–Trinajstić information content (AvgIpc) is 3.53. The predicted octanol–water partition coefficient (Wildman–Crippen LogP) is 7.90. The lowest BCUT2D eigenvalue weighted by Crippen LogP contribution is -2.49. The van der Waals surface area contributed by atoms with Crippen LogP contribution < -0.4 is 4.74 Å². The highest BCUT2D eigenvalue weighted by Crippen LogP contribution is 2.44. The van der Waals surface area contributed by atoms with Crippen LogP contribution in [-0.2, 0) is 14.2 Å². The van der Waals surface area contributed by atoms with Crippen LogP contribution >= 0.6 is 11.6 Å². The Hall–Kier alpha value is -3.58. The van der Waals surface area contributed by atoms with E-state index in [-0.39, 0.29) is 65.0 Å². The van der Waals surface area contributed by atoms with Crippen LogP contribution in [0.4, 0.5) is 9.18 Å². The van der Waals surface area contributed by atoms with Gasteiger partial charge in [-0.1, -0.05) is 30.7 Å². The Kier molecular flexibility index (Phi) is 10.4. The summed E-state index contributed by atoms with van der Waals surface area (Å²) >= 11 is 7.11. The minimum absolute atomic E-state index is 0.0338. The first kappa shape index (κ1) is 36.8. The minimum Gasteiger partial charge on any atom is -0.461 e. The topological polar surface area (TPSA) is 104 Å². The van der Waals surface area contributed by atoms with E-state index in [1.165, 1.54) is 0 Å². The second kappa shape index (κ2) is 14.7. The quantitative estimate of drug-likeness (QED) is 0.195. The highest BCUT2D eigenvalue weighted by atomic mass is 35.5. The van der Waals surface area contributed by atoms with Gasteiger partial charge < -0.3 is 28.7 Å². The van der Waals surface area contributed by atoms with E-state index in [1.54, 1.807) is 11.0 Å². The molecule has 2 aromatic carbocycles. The Balaban J connectivity index is 1.32. The first-order valence-electron chi connectivity index (χ1n) is 18.5. The number of aryl methyl sites for hydroxylation is 1. The number of rotatable bonds is 6. The van der Waals surface area contributed by atoms with Gasteiger partial charge in [0, 0.05) is 66.3 Å². The van der Waals surface area contributed by atoms with Crippen LogP contribution in [0.3, 0.4) is 0 Å². The number of piperidine rings is 1. The summed E-state index contributed by atoms with van der Waals surface area (Å²) in [7, 11) is 2.04. The molecule has 280 valence electrons. The van der Waals surface area contributed by atoms with E-state index >= 15 is 4.39 Å². The Labute approximate surface area is 309 Å². The Morgan fingerprint density at radius 3 is 2.62 bits per heavy atom. The number of carbonyl (C=O) groups is 1. The van der Waals surface area contributed by atoms with Crippen molar-refractivity contribution in [3.05, 3.63) is 46.5 Å². The number of fused-ring (bicyclic) bond motifs is 2. The zero-order chi connectivity index (χ0) is 36.9. The number of benzene rings is 2. The van der Waals surface area contributed by atoms with Crippen LogP contribution in [0.1, 0.15) is 83.7 Å². The number of hydrogen-bond acceptors (Lipinski definition) is 9. The second-order valence-electron chi connectivity index (χ2n) is 15.8. The number of ether oxygens (including phenoxy) is 4. The maximum absolute atomic E-state index is 17.4. The van der Waals surface area contributed by atoms with Crippen molar-refractivity contribution < 1.29 is 28.1 Å². The van der Waals surface area contributed by atoms with Crippen molar-refractivity contribution in [1.82, 2.24) is 29.5 Å². The molecule has 0 aliphatic carbocycles. The summed E-state index contributed by atoms with van der Waals surface area (Å²) in [6.45, 7) is 15.1. The molecule has 11 nitrogen and oxygen atoms in total. The van der Waals surface area contributed by atoms with Crippen LogP contribution in [0, 0.1) is 18.7 Å². The van der Waals surface area contributed by atoms with Gasteiger partial charge in [0.2, 0.25) is 0 Å². The van der Waals surface area contributed by atoms with Gasteiger partial charge in [-0.05, 0) is 84.9 Å². The monoisotopic (exact) mass is 736 g/mol. The lowest BCUT2D eigenvalue weighted by molar-refractivity contribution is -0.0417. The van der Waals surface area contributed by atoms with Gasteiger partial charge in [-0.2, -0.15) is 15.1 Å². The zero-order valence-electron chi connectivity index (χ0n) is 31.2. The molecule has 3 fully saturated rings. The molecule has 1 amide bonds. The van der Waals surface area contributed by atoms with E-state index in [0.717, 1.165) is 36.8 Å². The molecule has 0 bridgehead atoms. The van der Waals surface area contributed by atoms with Gasteiger partial charge in [0.05, 0.1) is 17.3 Å². The maximum atomic E-state index is 17.4. The van der Waals surface area contributed by atoms with E-state index in [9.17, 15) is 4.79 Å². The summed E-state index contributed by atoms with van der Waals surface area (Å²) in [5.74, 6) is -0.736. The summed E-state index contributed by atoms with van der Waals surface area (Å²) in [4.78, 5) is 26.8. The van der Waals surface area contributed by atoms with Crippen molar-refractivity contribution in [2.75, 3.05) is 46.5 Å². The molecule has 3 saturated heterocycles. The number of hydrogen-bond donors (Lipinski definition) is 0. The predicted molar refractivity (Wildman–Crippen MR) is 198 cm³/mol. The first-order valence-corrected chi connectivity index (χ1v) is 18.9. The molecule has 2 aromatic heterocycles. The van der Waals surface area contributed by atoms with Crippen molar-refractivity contribution >= 4 is 39.5 Å². The number of carbonyl (C=O) groups excluding carboxylic acids is 1. The third-order valence-electron chi connectivity index (χ3n) is 10.5. The second-order valence-corrected chi connectivity index (χ2v) is 16.2. The normalized spacial score (nSPS) is 24.8. The van der Waals surface area contributed by atoms with Crippen molar-refractivity contribution in [2.45, 2.75) is 97.1 Å². The van der Waals surface area contributed by atoms with E-state index in [0.29, 0.717) is 54.9 Å². The smallest absolute Gasteiger partial charge is 0.410 e. The molecule has 13 heteroatoms. The lowest BCUT2D eigenvalue weighted by atomic mass is 9.80. The number of amides is 1. The Morgan fingerprint density at radius 1 is 1.08 bits per heavy atom. The van der Waals surface area contributed by atoms with E-state index in [4.69, 9.17) is 45.6 Å². The van der Waals surface area contributed by atoms with Gasteiger partial charge in [-0.25, -0.2) is 13.9 Å². The van der Waals surface area contributed by atoms with E-state index in [1.807, 2.05) is 64.7 Å². The van der Waals surface area contributed by atoms with Gasteiger partial charge in [0.1, 0.15) is 35.6 Å². The zero-order valence-corrected chi connectivity index (χ0v) is 32.0. The highest BCUT2D eigenvalue weighted by molar-refractivity contribution is 6.34. The minimum atomic E-state index is -0.612. The molecule has 3 aliphatic rings. The average molecular weight is 737 g/mol. The molecule has 0 saturated carbocycles. The molecular weight excluding hydrogens is 687 g/mol. The number of halogens is 2. The fourth-order valence-electron chi connectivity index (χ4n) is 7.81. The summed E-state index contributed by atoms with van der Waals surface area (Å²) < 4.78 is 43.1. The van der Waals surface area contributed by atoms with Crippen molar-refractivity contribution in [3.63, 3.8) is 0 Å². The fourth-order valence-corrected chi connectivity index (χ4v) is 8.10. The van der Waals surface area contributed by atoms with Crippen LogP contribution in [0.5, 0.6) is 6.01 Å². The maximum Gasteiger partial charge on any atom is 0.410 e. The standard InChI is InChI=1S/C39H50ClFN6O5/c1-22-11-12-25-19-47(30-10-8-9-14-50-30)44-34(25)31(22)32-29(40)17-28-35(27-16-24(3)46(18-23(27)2)38(48)52-39(4,5)6)42-37(43-36(28)33(32)41)51-21-26-20-45(7)13-15-49-26/h11-12,17,19,23-24,26-27,30H,8-10,13-16,18,20-21H2,1-7H3/t23-,24+,26-,27?,30?/m0/s1. The summed E-state index contributed by atoms with van der Waals surface area (Å²) in [6.07, 6.45) is 4.82. The number of aromatic nitrogens is 4. The van der Waals surface area contributed by atoms with Crippen molar-refractivity contribution in [1.29, 1.82) is 0 Å². The fraction of sp³-hybridized carbons (Fsp3) is 0.590. The van der Waals surface area contributed by atoms with Crippen LogP contribution in [0.2, 0.25) is 5.02 Å². The molecule has 7 rings (SSSR count). The summed E-state index contributed by atoms with van der Waals surface area (Å²) in [5, 5.41) is 6.58. The van der Waals surface area contributed by atoms with Gasteiger partial charge in [0.15, 0.2) is 5.82 Å². The molecule has 0 spiro atoms. The Morgan fingerprint density at radius 2 is 1.88 bits per heavy atom. The van der Waals surface area contributed by atoms with E-state index < -0.39 is 11.4 Å². The van der Waals surface area contributed by atoms with E-state index in [2.05, 4.69) is 11.8 Å². The molecule has 0 radical (unpaired) electrons. The molecule has 3 aliphatic heterocycles. The van der Waals surface area contributed by atoms with Crippen molar-refractivity contribution in [3.8, 4) is 17.1 Å². The molecule has 5 atom stereocenters. The van der Waals surface area contributed by atoms with Crippen molar-refractivity contribution in [2.24, 2.45) is 5.92 Å². The van der Waals surface area contributed by atoms with Gasteiger partial charge in [-0.3, -0.25) is 0 Å². The molecule has 4 aromatic rings. The summed E-state index contributed by atoms with van der Waals surface area (Å²) in [6, 6.07) is 5.67. The van der Waals surface area contributed by atoms with Gasteiger partial charge in [0.25, 0.3) is 0 Å². The molecule has 2 unspecified atom stereocenters. The third kappa shape index (κ3) is 7.44. The number of likely N-dealkylation sites (tertiary alicyclic amines) is 1. The SMILES string of the molecule is Cc1ccc2cn(C3CCCCO3)nc2c1-c1c(Cl)cc2c(C3C[C@@H](C)N(C(=O)OC(C)(C)C)C[C@@H]3C)nc(OC[C@@H]3CN(C)CCO3)nc2c1F. The number of morpholine rings is 1. The van der Waals surface area contributed by atoms with Crippen LogP contribution in [0.25, 0.3) is 32.9 Å². The molecule has 52 heavy (non-hydrogen) atoms. The van der Waals surface area contributed by atoms with Gasteiger partial charge >= 0.3 is 12.1 Å². The Bertz CT molecular complexity index is 1960. The number of likely N-dealkylation sites (N-methyl/N-ethyl adjacent to an activating group) is 1. The largest absolute Gasteiger partial charge is 0.461 e. The van der Waals surface area contributed by atoms with Gasteiger partial charge in [-0.15, -0.1) is 0 Å². The first-order chi connectivity index (χ1) is 24.8. The third-order valence-corrected chi connectivity index (χ3v) is 10.8. The number of nitrogens with zero attached hydrogens (tertiary/aromatic N) is 6. The van der Waals surface area contributed by atoms with Crippen LogP contribution in [-0.4, -0.2) is 99.9 Å². The molecular formula is C39H50ClFN6O5.